The molecule has 2 aromatic rings. The van der Waals surface area contributed by atoms with Crippen LogP contribution in [0, 0.1) is 5.92 Å². The van der Waals surface area contributed by atoms with Crippen LogP contribution >= 0.6 is 0 Å². The number of nitrogens with zero attached hydrogens (tertiary/aromatic N) is 3. The Bertz CT molecular complexity index is 704. The number of hydrogen-bond acceptors (Lipinski definition) is 2. The van der Waals surface area contributed by atoms with Crippen molar-refractivity contribution in [1.29, 1.82) is 0 Å². The summed E-state index contributed by atoms with van der Waals surface area (Å²) < 4.78 is 1.99. The van der Waals surface area contributed by atoms with Gasteiger partial charge in [0.1, 0.15) is 0 Å². The lowest BCUT2D eigenvalue weighted by Crippen LogP contribution is -2.41. The minimum Gasteiger partial charge on any atom is -0.310 e. The molecule has 1 saturated carbocycles. The summed E-state index contributed by atoms with van der Waals surface area (Å²) in [5.74, 6) is 1.13. The van der Waals surface area contributed by atoms with E-state index in [2.05, 4.69) is 23.3 Å². The van der Waals surface area contributed by atoms with Crippen LogP contribution in [0.5, 0.6) is 0 Å². The van der Waals surface area contributed by atoms with E-state index < -0.39 is 0 Å². The molecule has 0 spiro atoms. The first kappa shape index (κ1) is 16.4. The summed E-state index contributed by atoms with van der Waals surface area (Å²) in [4.78, 5) is 14.9. The third-order valence-corrected chi connectivity index (χ3v) is 5.81. The fraction of sp³-hybridized carbons (Fsp3) is 0.524. The van der Waals surface area contributed by atoms with E-state index in [0.717, 1.165) is 31.0 Å². The Hall–Kier alpha value is -2.10. The first-order valence-corrected chi connectivity index (χ1v) is 9.68. The van der Waals surface area contributed by atoms with Crippen LogP contribution in [0.4, 0.5) is 5.69 Å². The highest BCUT2D eigenvalue weighted by atomic mass is 16.2. The maximum Gasteiger partial charge on any atom is 0.227 e. The predicted octanol–water partition coefficient (Wildman–Crippen LogP) is 4.37. The molecule has 1 aliphatic heterocycles. The number of amides is 1. The number of aromatic nitrogens is 2. The van der Waals surface area contributed by atoms with Crippen molar-refractivity contribution in [2.45, 2.75) is 57.4 Å². The van der Waals surface area contributed by atoms with Crippen LogP contribution in [-0.4, -0.2) is 22.2 Å². The normalized spacial score (nSPS) is 20.6. The van der Waals surface area contributed by atoms with Crippen LogP contribution in [0.15, 0.2) is 42.7 Å². The van der Waals surface area contributed by atoms with E-state index in [1.54, 1.807) is 0 Å². The van der Waals surface area contributed by atoms with Gasteiger partial charge in [0.25, 0.3) is 0 Å². The highest BCUT2D eigenvalue weighted by Crippen LogP contribution is 2.33. The molecule has 1 aromatic heterocycles. The van der Waals surface area contributed by atoms with E-state index in [1.807, 2.05) is 34.1 Å². The minimum atomic E-state index is 0.226. The van der Waals surface area contributed by atoms with Crippen molar-refractivity contribution in [2.75, 3.05) is 11.4 Å². The molecule has 4 heteroatoms. The van der Waals surface area contributed by atoms with Crippen LogP contribution < -0.4 is 4.90 Å². The third-order valence-electron chi connectivity index (χ3n) is 5.81. The molecule has 1 amide bonds. The smallest absolute Gasteiger partial charge is 0.227 e. The van der Waals surface area contributed by atoms with Gasteiger partial charge in [-0.05, 0) is 42.9 Å². The average Bonchev–Trinajstić information content (AvgIpc) is 3.34. The molecule has 132 valence electrons. The molecule has 25 heavy (non-hydrogen) atoms. The maximum absolute atomic E-state index is 12.9. The first-order chi connectivity index (χ1) is 12.3. The zero-order chi connectivity index (χ0) is 17.1. The largest absolute Gasteiger partial charge is 0.310 e. The van der Waals surface area contributed by atoms with Gasteiger partial charge in [-0.15, -0.1) is 0 Å². The van der Waals surface area contributed by atoms with Crippen LogP contribution in [0.1, 0.15) is 56.6 Å². The lowest BCUT2D eigenvalue weighted by Gasteiger charge is -2.35. The fourth-order valence-corrected chi connectivity index (χ4v) is 4.46. The lowest BCUT2D eigenvalue weighted by atomic mass is 9.96. The van der Waals surface area contributed by atoms with Gasteiger partial charge < -0.3 is 4.90 Å². The van der Waals surface area contributed by atoms with E-state index in [0.29, 0.717) is 6.42 Å². The lowest BCUT2D eigenvalue weighted by molar-refractivity contribution is -0.119. The Morgan fingerprint density at radius 2 is 2.00 bits per heavy atom. The molecule has 4 rings (SSSR count). The van der Waals surface area contributed by atoms with Crippen LogP contribution in [-0.2, 0) is 11.2 Å². The molecule has 4 nitrogen and oxygen atoms in total. The van der Waals surface area contributed by atoms with Crippen molar-refractivity contribution < 1.29 is 4.79 Å². The molecule has 1 atom stereocenters. The van der Waals surface area contributed by atoms with Gasteiger partial charge in [0.15, 0.2) is 0 Å². The minimum absolute atomic E-state index is 0.226. The van der Waals surface area contributed by atoms with Crippen molar-refractivity contribution in [3.8, 4) is 0 Å². The summed E-state index contributed by atoms with van der Waals surface area (Å²) in [6.45, 7) is 0.723. The van der Waals surface area contributed by atoms with Crippen molar-refractivity contribution in [1.82, 2.24) is 9.78 Å². The summed E-state index contributed by atoms with van der Waals surface area (Å²) in [6.07, 6.45) is 13.1. The number of anilines is 1. The molecule has 0 bridgehead atoms. The molecular weight excluding hydrogens is 310 g/mol. The van der Waals surface area contributed by atoms with Gasteiger partial charge >= 0.3 is 0 Å². The molecule has 2 heterocycles. The van der Waals surface area contributed by atoms with Gasteiger partial charge in [-0.3, -0.25) is 9.48 Å². The SMILES string of the molecule is O=C(CCCC1CCCC1)N1CC(n2cccn2)Cc2ccccc21. The van der Waals surface area contributed by atoms with E-state index >= 15 is 0 Å². The van der Waals surface area contributed by atoms with Crippen LogP contribution in [0.25, 0.3) is 0 Å². The second-order valence-electron chi connectivity index (χ2n) is 7.52. The number of fused-ring (bicyclic) bond motifs is 1. The maximum atomic E-state index is 12.9. The molecule has 0 N–H and O–H groups in total. The van der Waals surface area contributed by atoms with Gasteiger partial charge in [0.05, 0.1) is 6.04 Å². The Morgan fingerprint density at radius 3 is 2.80 bits per heavy atom. The molecular formula is C21H27N3O. The highest BCUT2D eigenvalue weighted by molar-refractivity contribution is 5.94. The third kappa shape index (κ3) is 3.63. The topological polar surface area (TPSA) is 38.1 Å². The second-order valence-corrected chi connectivity index (χ2v) is 7.52. The molecule has 0 saturated heterocycles. The van der Waals surface area contributed by atoms with Gasteiger partial charge in [0.2, 0.25) is 5.91 Å². The Morgan fingerprint density at radius 1 is 1.16 bits per heavy atom. The first-order valence-electron chi connectivity index (χ1n) is 9.68. The van der Waals surface area contributed by atoms with Crippen molar-refractivity contribution in [2.24, 2.45) is 5.92 Å². The van der Waals surface area contributed by atoms with Gasteiger partial charge in [-0.25, -0.2) is 0 Å². The molecule has 1 aromatic carbocycles. The highest BCUT2D eigenvalue weighted by Gasteiger charge is 2.29. The van der Waals surface area contributed by atoms with E-state index in [-0.39, 0.29) is 11.9 Å². The van der Waals surface area contributed by atoms with E-state index in [1.165, 1.54) is 37.7 Å². The molecule has 1 fully saturated rings. The quantitative estimate of drug-likeness (QED) is 0.812. The summed E-state index contributed by atoms with van der Waals surface area (Å²) in [6, 6.07) is 10.5. The molecule has 1 aliphatic carbocycles. The second kappa shape index (κ2) is 7.42. The fourth-order valence-electron chi connectivity index (χ4n) is 4.46. The van der Waals surface area contributed by atoms with Crippen LogP contribution in [0.2, 0.25) is 0 Å². The monoisotopic (exact) mass is 337 g/mol. The average molecular weight is 337 g/mol. The van der Waals surface area contributed by atoms with Crippen molar-refractivity contribution >= 4 is 11.6 Å². The molecule has 0 radical (unpaired) electrons. The van der Waals surface area contributed by atoms with Crippen molar-refractivity contribution in [3.63, 3.8) is 0 Å². The summed E-state index contributed by atoms with van der Waals surface area (Å²) in [5.41, 5.74) is 2.34. The number of para-hydroxylation sites is 1. The number of carbonyl (C=O) groups is 1. The number of benzene rings is 1. The zero-order valence-corrected chi connectivity index (χ0v) is 14.8. The number of hydrogen-bond donors (Lipinski definition) is 0. The molecule has 2 aliphatic rings. The summed E-state index contributed by atoms with van der Waals surface area (Å²) >= 11 is 0. The summed E-state index contributed by atoms with van der Waals surface area (Å²) in [5, 5.41) is 4.40. The van der Waals surface area contributed by atoms with Gasteiger partial charge in [-0.1, -0.05) is 43.9 Å². The Kier molecular flexibility index (Phi) is 4.86. The Balaban J connectivity index is 1.45. The predicted molar refractivity (Wildman–Crippen MR) is 99.6 cm³/mol. The number of rotatable bonds is 5. The van der Waals surface area contributed by atoms with Gasteiger partial charge in [0, 0.05) is 31.0 Å². The van der Waals surface area contributed by atoms with Gasteiger partial charge in [-0.2, -0.15) is 5.10 Å². The summed E-state index contributed by atoms with van der Waals surface area (Å²) in [7, 11) is 0. The zero-order valence-electron chi connectivity index (χ0n) is 14.8. The van der Waals surface area contributed by atoms with E-state index in [4.69, 9.17) is 0 Å². The molecule has 1 unspecified atom stereocenters. The Labute approximate surface area is 149 Å². The number of carbonyl (C=O) groups excluding carboxylic acids is 1. The standard InChI is InChI=1S/C21H27N3O/c25-21(12-5-9-17-7-1-2-8-17)23-16-19(24-14-6-13-22-24)15-18-10-3-4-11-20(18)23/h3-4,6,10-11,13-14,17,19H,1-2,5,7-9,12,15-16H2. The van der Waals surface area contributed by atoms with Crippen LogP contribution in [0.3, 0.4) is 0 Å². The van der Waals surface area contributed by atoms with E-state index in [9.17, 15) is 4.79 Å². The van der Waals surface area contributed by atoms with Crippen molar-refractivity contribution in [3.05, 3.63) is 48.3 Å².